The van der Waals surface area contributed by atoms with Crippen LogP contribution in [0.15, 0.2) is 22.0 Å². The van der Waals surface area contributed by atoms with Gasteiger partial charge in [-0.3, -0.25) is 0 Å². The molecule has 0 aliphatic carbocycles. The molecule has 0 saturated carbocycles. The van der Waals surface area contributed by atoms with E-state index in [-0.39, 0.29) is 0 Å². The van der Waals surface area contributed by atoms with Gasteiger partial charge in [-0.1, -0.05) is 11.2 Å². The van der Waals surface area contributed by atoms with Crippen molar-refractivity contribution in [3.8, 4) is 10.7 Å². The Morgan fingerprint density at radius 3 is 3.06 bits per heavy atom. The maximum atomic E-state index is 10.8. The Kier molecular flexibility index (Phi) is 2.85. The summed E-state index contributed by atoms with van der Waals surface area (Å²) < 4.78 is 10.5. The van der Waals surface area contributed by atoms with Crippen LogP contribution in [0.1, 0.15) is 24.8 Å². The molecule has 1 saturated heterocycles. The van der Waals surface area contributed by atoms with Gasteiger partial charge in [0.15, 0.2) is 6.10 Å². The Morgan fingerprint density at radius 2 is 2.39 bits per heavy atom. The Balaban J connectivity index is 1.77. The highest BCUT2D eigenvalue weighted by atomic mass is 32.1. The molecule has 0 radical (unpaired) electrons. The van der Waals surface area contributed by atoms with E-state index in [1.54, 1.807) is 0 Å². The van der Waals surface area contributed by atoms with Crippen molar-refractivity contribution < 1.29 is 19.2 Å². The van der Waals surface area contributed by atoms with Crippen LogP contribution in [0.25, 0.3) is 10.7 Å². The molecular formula is C11H10N2O4S. The minimum Gasteiger partial charge on any atom is -0.479 e. The molecule has 1 fully saturated rings. The summed E-state index contributed by atoms with van der Waals surface area (Å²) >= 11 is 1.52. The fourth-order valence-corrected chi connectivity index (χ4v) is 2.52. The molecule has 2 unspecified atom stereocenters. The van der Waals surface area contributed by atoms with Crippen LogP contribution in [0.5, 0.6) is 0 Å². The van der Waals surface area contributed by atoms with E-state index in [2.05, 4.69) is 10.1 Å². The summed E-state index contributed by atoms with van der Waals surface area (Å²) in [6.45, 7) is 0. The Labute approximate surface area is 106 Å². The summed E-state index contributed by atoms with van der Waals surface area (Å²) in [6, 6.07) is 3.80. The van der Waals surface area contributed by atoms with Gasteiger partial charge in [0.1, 0.15) is 6.10 Å². The number of nitrogens with zero attached hydrogens (tertiary/aromatic N) is 2. The lowest BCUT2D eigenvalue weighted by atomic mass is 10.2. The zero-order valence-electron chi connectivity index (χ0n) is 9.28. The van der Waals surface area contributed by atoms with Gasteiger partial charge in [0, 0.05) is 0 Å². The molecule has 2 aromatic heterocycles. The monoisotopic (exact) mass is 266 g/mol. The van der Waals surface area contributed by atoms with E-state index in [9.17, 15) is 4.79 Å². The van der Waals surface area contributed by atoms with Crippen LogP contribution in [0.3, 0.4) is 0 Å². The molecule has 1 N–H and O–H groups in total. The summed E-state index contributed by atoms with van der Waals surface area (Å²) in [5.41, 5.74) is 0. The summed E-state index contributed by atoms with van der Waals surface area (Å²) in [5.74, 6) is -0.0833. The van der Waals surface area contributed by atoms with Crippen LogP contribution in [-0.2, 0) is 9.53 Å². The first kappa shape index (κ1) is 11.4. The van der Waals surface area contributed by atoms with Gasteiger partial charge in [0.2, 0.25) is 5.82 Å². The predicted octanol–water partition coefficient (Wildman–Crippen LogP) is 2.10. The van der Waals surface area contributed by atoms with Crippen molar-refractivity contribution in [1.29, 1.82) is 0 Å². The normalized spacial score (nSPS) is 23.3. The molecule has 2 atom stereocenters. The van der Waals surface area contributed by atoms with Crippen LogP contribution in [0.4, 0.5) is 0 Å². The Morgan fingerprint density at radius 1 is 1.50 bits per heavy atom. The molecule has 18 heavy (non-hydrogen) atoms. The summed E-state index contributed by atoms with van der Waals surface area (Å²) in [4.78, 5) is 15.9. The SMILES string of the molecule is O=C(O)C1CCC(c2nc(-c3cccs3)no2)O1. The summed E-state index contributed by atoms with van der Waals surface area (Å²) in [5, 5.41) is 14.6. The van der Waals surface area contributed by atoms with Crippen molar-refractivity contribution in [2.24, 2.45) is 0 Å². The topological polar surface area (TPSA) is 85.5 Å². The predicted molar refractivity (Wildman–Crippen MR) is 62.1 cm³/mol. The maximum Gasteiger partial charge on any atom is 0.332 e. The maximum absolute atomic E-state index is 10.8. The highest BCUT2D eigenvalue weighted by Gasteiger charge is 2.34. The van der Waals surface area contributed by atoms with Gasteiger partial charge in [-0.05, 0) is 24.3 Å². The van der Waals surface area contributed by atoms with Gasteiger partial charge in [-0.2, -0.15) is 4.98 Å². The Hall–Kier alpha value is -1.73. The molecule has 6 nitrogen and oxygen atoms in total. The van der Waals surface area contributed by atoms with Crippen molar-refractivity contribution in [3.63, 3.8) is 0 Å². The summed E-state index contributed by atoms with van der Waals surface area (Å²) in [7, 11) is 0. The molecule has 1 aliphatic heterocycles. The van der Waals surface area contributed by atoms with E-state index in [1.807, 2.05) is 17.5 Å². The van der Waals surface area contributed by atoms with Crippen LogP contribution >= 0.6 is 11.3 Å². The van der Waals surface area contributed by atoms with E-state index >= 15 is 0 Å². The second-order valence-corrected chi connectivity index (χ2v) is 4.91. The molecule has 0 aromatic carbocycles. The largest absolute Gasteiger partial charge is 0.479 e. The van der Waals surface area contributed by atoms with Crippen LogP contribution in [-0.4, -0.2) is 27.3 Å². The fourth-order valence-electron chi connectivity index (χ4n) is 1.87. The molecule has 3 rings (SSSR count). The highest BCUT2D eigenvalue weighted by molar-refractivity contribution is 7.13. The molecule has 3 heterocycles. The van der Waals surface area contributed by atoms with Crippen LogP contribution in [0.2, 0.25) is 0 Å². The first-order valence-electron chi connectivity index (χ1n) is 5.50. The van der Waals surface area contributed by atoms with Gasteiger partial charge in [-0.25, -0.2) is 4.79 Å². The van der Waals surface area contributed by atoms with E-state index in [1.165, 1.54) is 11.3 Å². The van der Waals surface area contributed by atoms with Crippen molar-refractivity contribution >= 4 is 17.3 Å². The number of aromatic nitrogens is 2. The lowest BCUT2D eigenvalue weighted by Gasteiger charge is -2.05. The van der Waals surface area contributed by atoms with Crippen molar-refractivity contribution in [3.05, 3.63) is 23.4 Å². The number of rotatable bonds is 3. The lowest BCUT2D eigenvalue weighted by Crippen LogP contribution is -2.18. The van der Waals surface area contributed by atoms with Gasteiger partial charge < -0.3 is 14.4 Å². The number of aliphatic carboxylic acids is 1. The number of hydrogen-bond donors (Lipinski definition) is 1. The molecule has 7 heteroatoms. The zero-order chi connectivity index (χ0) is 12.5. The summed E-state index contributed by atoms with van der Waals surface area (Å²) in [6.07, 6.45) is -0.126. The van der Waals surface area contributed by atoms with Crippen LogP contribution < -0.4 is 0 Å². The molecule has 0 bridgehead atoms. The fraction of sp³-hybridized carbons (Fsp3) is 0.364. The first-order valence-corrected chi connectivity index (χ1v) is 6.38. The van der Waals surface area contributed by atoms with Gasteiger partial charge in [-0.15, -0.1) is 11.3 Å². The van der Waals surface area contributed by atoms with E-state index in [0.29, 0.717) is 24.6 Å². The van der Waals surface area contributed by atoms with E-state index < -0.39 is 18.2 Å². The first-order chi connectivity index (χ1) is 8.74. The number of ether oxygens (including phenoxy) is 1. The number of hydrogen-bond acceptors (Lipinski definition) is 6. The van der Waals surface area contributed by atoms with Gasteiger partial charge in [0.25, 0.3) is 5.89 Å². The van der Waals surface area contributed by atoms with E-state index in [4.69, 9.17) is 14.4 Å². The van der Waals surface area contributed by atoms with Crippen molar-refractivity contribution in [1.82, 2.24) is 10.1 Å². The molecule has 0 amide bonds. The molecule has 0 spiro atoms. The minimum absolute atomic E-state index is 0.349. The van der Waals surface area contributed by atoms with Crippen molar-refractivity contribution in [2.75, 3.05) is 0 Å². The van der Waals surface area contributed by atoms with Gasteiger partial charge >= 0.3 is 5.97 Å². The average Bonchev–Trinajstić information content (AvgIpc) is 3.10. The highest BCUT2D eigenvalue weighted by Crippen LogP contribution is 2.33. The Bertz CT molecular complexity index is 551. The third-order valence-electron chi connectivity index (χ3n) is 2.75. The number of carboxylic acid groups (broad SMARTS) is 1. The standard InChI is InChI=1S/C11H10N2O4S/c14-11(15)7-4-3-6(16-7)10-12-9(13-17-10)8-2-1-5-18-8/h1-2,5-7H,3-4H2,(H,14,15). The zero-order valence-corrected chi connectivity index (χ0v) is 10.1. The molecule has 2 aromatic rings. The minimum atomic E-state index is -0.949. The molecule has 94 valence electrons. The third-order valence-corrected chi connectivity index (χ3v) is 3.62. The number of carboxylic acids is 1. The van der Waals surface area contributed by atoms with Gasteiger partial charge in [0.05, 0.1) is 4.88 Å². The third kappa shape index (κ3) is 2.02. The second kappa shape index (κ2) is 4.51. The second-order valence-electron chi connectivity index (χ2n) is 3.96. The number of carbonyl (C=O) groups is 1. The number of thiophene rings is 1. The lowest BCUT2D eigenvalue weighted by molar-refractivity contribution is -0.150. The molecule has 1 aliphatic rings. The smallest absolute Gasteiger partial charge is 0.332 e. The quantitative estimate of drug-likeness (QED) is 0.915. The van der Waals surface area contributed by atoms with Crippen molar-refractivity contribution in [2.45, 2.75) is 25.0 Å². The van der Waals surface area contributed by atoms with E-state index in [0.717, 1.165) is 4.88 Å². The average molecular weight is 266 g/mol. The van der Waals surface area contributed by atoms with Crippen LogP contribution in [0, 0.1) is 0 Å². The molecular weight excluding hydrogens is 256 g/mol.